The molecule has 0 bridgehead atoms. The molecule has 7 heteroatoms. The highest BCUT2D eigenvalue weighted by Gasteiger charge is 2.18. The average Bonchev–Trinajstić information content (AvgIpc) is 2.76. The van der Waals surface area contributed by atoms with Crippen LogP contribution >= 0.6 is 0 Å². The zero-order valence-electron chi connectivity index (χ0n) is 14.0. The molecule has 0 fully saturated rings. The number of rotatable bonds is 4. The number of aromatic hydroxyl groups is 1. The molecule has 126 valence electrons. The number of hydrogen-bond donors (Lipinski definition) is 1. The van der Waals surface area contributed by atoms with Gasteiger partial charge in [-0.15, -0.1) is 5.11 Å². The van der Waals surface area contributed by atoms with Crippen molar-refractivity contribution in [2.45, 2.75) is 45.8 Å². The summed E-state index contributed by atoms with van der Waals surface area (Å²) in [5, 5.41) is 27.2. The van der Waals surface area contributed by atoms with E-state index in [9.17, 15) is 9.90 Å². The second-order valence-electron chi connectivity index (χ2n) is 6.28. The molecule has 2 aromatic rings. The van der Waals surface area contributed by atoms with E-state index in [0.29, 0.717) is 24.8 Å². The maximum atomic E-state index is 11.7. The fourth-order valence-electron chi connectivity index (χ4n) is 2.29. The first-order valence-corrected chi connectivity index (χ1v) is 7.65. The summed E-state index contributed by atoms with van der Waals surface area (Å²) in [5.74, 6) is -0.0820. The molecule has 0 spiro atoms. The number of unbranched alkanes of at least 4 members (excludes halogenated alkanes) is 1. The van der Waals surface area contributed by atoms with Crippen molar-refractivity contribution >= 4 is 22.7 Å². The van der Waals surface area contributed by atoms with Gasteiger partial charge in [0.15, 0.2) is 5.69 Å². The quantitative estimate of drug-likeness (QED) is 0.651. The first-order valence-electron chi connectivity index (χ1n) is 7.65. The Balaban J connectivity index is 2.35. The van der Waals surface area contributed by atoms with Crippen molar-refractivity contribution in [2.75, 3.05) is 0 Å². The van der Waals surface area contributed by atoms with Gasteiger partial charge in [0.1, 0.15) is 5.60 Å². The number of benzene rings is 1. The van der Waals surface area contributed by atoms with Gasteiger partial charge in [-0.3, -0.25) is 0 Å². The topological polar surface area (TPSA) is 100.0 Å². The van der Waals surface area contributed by atoms with Gasteiger partial charge in [-0.2, -0.15) is 5.26 Å². The summed E-state index contributed by atoms with van der Waals surface area (Å²) in [6.07, 6.45) is 0.176. The minimum Gasteiger partial charge on any atom is -0.493 e. The number of nitrogens with zero attached hydrogens (tertiary/aromatic N) is 4. The predicted octanol–water partition coefficient (Wildman–Crippen LogP) is 4.67. The Hall–Kier alpha value is -2.88. The van der Waals surface area contributed by atoms with Crippen molar-refractivity contribution in [2.24, 2.45) is 10.2 Å². The molecule has 0 saturated carbocycles. The number of aryl methyl sites for hydroxylation is 1. The maximum Gasteiger partial charge on any atom is 0.452 e. The molecule has 1 heterocycles. The maximum absolute atomic E-state index is 11.7. The number of ether oxygens (including phenoxy) is 1. The Kier molecular flexibility index (Phi) is 5.19. The molecule has 1 aromatic carbocycles. The van der Waals surface area contributed by atoms with Crippen LogP contribution in [-0.2, 0) is 11.3 Å². The SMILES string of the molecule is CC(C)(C)OC(=O)N=Nc1c(O)n(CCCC#N)c2ccccc12. The van der Waals surface area contributed by atoms with Crippen LogP contribution in [0, 0.1) is 11.3 Å². The van der Waals surface area contributed by atoms with Crippen molar-refractivity contribution in [1.82, 2.24) is 4.57 Å². The van der Waals surface area contributed by atoms with Crippen LogP contribution in [0.4, 0.5) is 10.5 Å². The van der Waals surface area contributed by atoms with E-state index in [4.69, 9.17) is 10.00 Å². The number of azo groups is 1. The number of carbonyl (C=O) groups is 1. The van der Waals surface area contributed by atoms with Gasteiger partial charge in [-0.05, 0) is 33.3 Å². The summed E-state index contributed by atoms with van der Waals surface area (Å²) in [4.78, 5) is 11.7. The van der Waals surface area contributed by atoms with Crippen LogP contribution in [0.1, 0.15) is 33.6 Å². The van der Waals surface area contributed by atoms with Crippen LogP contribution in [0.15, 0.2) is 34.5 Å². The zero-order valence-corrected chi connectivity index (χ0v) is 14.0. The van der Waals surface area contributed by atoms with Crippen molar-refractivity contribution < 1.29 is 14.6 Å². The minimum atomic E-state index is -0.816. The zero-order chi connectivity index (χ0) is 17.7. The van der Waals surface area contributed by atoms with Crippen LogP contribution < -0.4 is 0 Å². The van der Waals surface area contributed by atoms with Gasteiger partial charge in [-0.1, -0.05) is 23.3 Å². The summed E-state index contributed by atoms with van der Waals surface area (Å²) < 4.78 is 6.74. The van der Waals surface area contributed by atoms with Crippen LogP contribution in [0.25, 0.3) is 10.9 Å². The van der Waals surface area contributed by atoms with E-state index in [1.807, 2.05) is 18.2 Å². The Morgan fingerprint density at radius 1 is 1.38 bits per heavy atom. The van der Waals surface area contributed by atoms with Gasteiger partial charge in [0.05, 0.1) is 11.6 Å². The fourth-order valence-corrected chi connectivity index (χ4v) is 2.29. The largest absolute Gasteiger partial charge is 0.493 e. The lowest BCUT2D eigenvalue weighted by atomic mass is 10.2. The molecule has 0 aliphatic heterocycles. The van der Waals surface area contributed by atoms with E-state index in [2.05, 4.69) is 16.3 Å². The monoisotopic (exact) mass is 328 g/mol. The number of nitriles is 1. The normalized spacial score (nSPS) is 11.8. The van der Waals surface area contributed by atoms with E-state index < -0.39 is 11.7 Å². The Bertz CT molecular complexity index is 810. The molecule has 24 heavy (non-hydrogen) atoms. The summed E-state index contributed by atoms with van der Waals surface area (Å²) in [6, 6.07) is 9.37. The molecule has 0 aliphatic carbocycles. The Morgan fingerprint density at radius 3 is 2.75 bits per heavy atom. The molecule has 1 amide bonds. The molecule has 7 nitrogen and oxygen atoms in total. The van der Waals surface area contributed by atoms with Crippen LogP contribution in [-0.4, -0.2) is 21.4 Å². The standard InChI is InChI=1S/C17H20N4O3/c1-17(2,3)24-16(23)20-19-14-12-8-4-5-9-13(12)21(15(14)22)11-7-6-10-18/h4-5,8-9,22H,6-7,11H2,1-3H3. The lowest BCUT2D eigenvalue weighted by molar-refractivity contribution is 0.0592. The van der Waals surface area contributed by atoms with Crippen molar-refractivity contribution in [3.8, 4) is 11.9 Å². The lowest BCUT2D eigenvalue weighted by Gasteiger charge is -2.16. The molecule has 0 aliphatic rings. The second kappa shape index (κ2) is 7.13. The average molecular weight is 328 g/mol. The lowest BCUT2D eigenvalue weighted by Crippen LogP contribution is -2.21. The molecule has 1 aromatic heterocycles. The van der Waals surface area contributed by atoms with Gasteiger partial charge in [-0.25, -0.2) is 4.79 Å². The molecular weight excluding hydrogens is 308 g/mol. The number of carbonyl (C=O) groups excluding carboxylic acids is 1. The van der Waals surface area contributed by atoms with E-state index in [1.54, 1.807) is 31.4 Å². The number of para-hydroxylation sites is 1. The van der Waals surface area contributed by atoms with E-state index in [0.717, 1.165) is 5.52 Å². The highest BCUT2D eigenvalue weighted by molar-refractivity contribution is 5.95. The third-order valence-corrected chi connectivity index (χ3v) is 3.21. The van der Waals surface area contributed by atoms with E-state index in [-0.39, 0.29) is 11.6 Å². The molecule has 0 radical (unpaired) electrons. The Morgan fingerprint density at radius 2 is 2.08 bits per heavy atom. The summed E-state index contributed by atoms with van der Waals surface area (Å²) in [7, 11) is 0. The minimum absolute atomic E-state index is 0.0820. The molecule has 1 N–H and O–H groups in total. The number of hydrogen-bond acceptors (Lipinski definition) is 5. The van der Waals surface area contributed by atoms with Crippen LogP contribution in [0.2, 0.25) is 0 Å². The Labute approximate surface area is 140 Å². The van der Waals surface area contributed by atoms with Crippen molar-refractivity contribution in [3.05, 3.63) is 24.3 Å². The highest BCUT2D eigenvalue weighted by Crippen LogP contribution is 2.39. The number of aromatic nitrogens is 1. The summed E-state index contributed by atoms with van der Waals surface area (Å²) in [6.45, 7) is 5.68. The first kappa shape index (κ1) is 17.5. The molecule has 0 atom stereocenters. The second-order valence-corrected chi connectivity index (χ2v) is 6.28. The van der Waals surface area contributed by atoms with Gasteiger partial charge >= 0.3 is 6.09 Å². The molecule has 2 rings (SSSR count). The van der Waals surface area contributed by atoms with Crippen LogP contribution in [0.3, 0.4) is 0 Å². The van der Waals surface area contributed by atoms with Crippen molar-refractivity contribution in [3.63, 3.8) is 0 Å². The first-order chi connectivity index (χ1) is 11.3. The molecule has 0 saturated heterocycles. The molecule has 0 unspecified atom stereocenters. The van der Waals surface area contributed by atoms with Crippen LogP contribution in [0.5, 0.6) is 5.88 Å². The van der Waals surface area contributed by atoms with Gasteiger partial charge in [0.2, 0.25) is 5.88 Å². The van der Waals surface area contributed by atoms with Gasteiger partial charge in [0.25, 0.3) is 0 Å². The van der Waals surface area contributed by atoms with Crippen molar-refractivity contribution in [1.29, 1.82) is 5.26 Å². The van der Waals surface area contributed by atoms with E-state index in [1.165, 1.54) is 0 Å². The third-order valence-electron chi connectivity index (χ3n) is 3.21. The summed E-state index contributed by atoms with van der Waals surface area (Å²) >= 11 is 0. The smallest absolute Gasteiger partial charge is 0.452 e. The molecular formula is C17H20N4O3. The van der Waals surface area contributed by atoms with E-state index >= 15 is 0 Å². The number of amides is 1. The summed E-state index contributed by atoms with van der Waals surface area (Å²) in [5.41, 5.74) is 0.322. The fraction of sp³-hybridized carbons (Fsp3) is 0.412. The van der Waals surface area contributed by atoms with Gasteiger partial charge in [0, 0.05) is 18.4 Å². The highest BCUT2D eigenvalue weighted by atomic mass is 16.6. The van der Waals surface area contributed by atoms with Gasteiger partial charge < -0.3 is 14.4 Å². The number of fused-ring (bicyclic) bond motifs is 1. The predicted molar refractivity (Wildman–Crippen MR) is 89.2 cm³/mol. The third kappa shape index (κ3) is 4.10.